The van der Waals surface area contributed by atoms with Crippen molar-refractivity contribution in [2.24, 2.45) is 0 Å². The molecule has 2 N–H and O–H groups in total. The summed E-state index contributed by atoms with van der Waals surface area (Å²) >= 11 is 0.911. The lowest BCUT2D eigenvalue weighted by Gasteiger charge is -2.05. The molecule has 0 aliphatic rings. The predicted octanol–water partition coefficient (Wildman–Crippen LogP) is 4.79. The van der Waals surface area contributed by atoms with Gasteiger partial charge in [-0.1, -0.05) is 12.1 Å². The molecule has 0 bridgehead atoms. The number of nitrogens with zero attached hydrogens (tertiary/aromatic N) is 1. The van der Waals surface area contributed by atoms with E-state index < -0.39 is 23.5 Å². The second kappa shape index (κ2) is 6.86. The number of para-hydroxylation sites is 2. The highest BCUT2D eigenvalue weighted by Crippen LogP contribution is 2.37. The number of hydrogen-bond donors (Lipinski definition) is 2. The van der Waals surface area contributed by atoms with Crippen LogP contribution in [0.15, 0.2) is 52.3 Å². The minimum absolute atomic E-state index is 0.0384. The summed E-state index contributed by atoms with van der Waals surface area (Å²) < 4.78 is 32.6. The molecule has 4 aromatic rings. The van der Waals surface area contributed by atoms with E-state index in [0.29, 0.717) is 17.2 Å². The number of hydrogen-bond acceptors (Lipinski definition) is 5. The number of rotatable bonds is 4. The third-order valence-corrected chi connectivity index (χ3v) is 4.93. The Morgan fingerprint density at radius 3 is 2.64 bits per heavy atom. The molecule has 0 atom stereocenters. The van der Waals surface area contributed by atoms with Crippen LogP contribution in [0.1, 0.15) is 21.0 Å². The van der Waals surface area contributed by atoms with Gasteiger partial charge in [-0.05, 0) is 24.3 Å². The fourth-order valence-corrected chi connectivity index (χ4v) is 3.70. The lowest BCUT2D eigenvalue weighted by Crippen LogP contribution is -2.14. The number of aromatic nitrogens is 1. The average molecular weight is 400 g/mol. The van der Waals surface area contributed by atoms with Gasteiger partial charge in [-0.2, -0.15) is 0 Å². The quantitative estimate of drug-likeness (QED) is 0.514. The predicted molar refractivity (Wildman–Crippen MR) is 98.6 cm³/mol. The summed E-state index contributed by atoms with van der Waals surface area (Å²) in [6, 6.07) is 9.60. The molecule has 2 aromatic heterocycles. The molecule has 2 aromatic carbocycles. The first-order valence-corrected chi connectivity index (χ1v) is 8.79. The van der Waals surface area contributed by atoms with Crippen LogP contribution < -0.4 is 5.32 Å². The van der Waals surface area contributed by atoms with Crippen molar-refractivity contribution in [3.8, 4) is 10.4 Å². The van der Waals surface area contributed by atoms with Crippen molar-refractivity contribution < 1.29 is 27.9 Å². The molecule has 28 heavy (non-hydrogen) atoms. The van der Waals surface area contributed by atoms with E-state index >= 15 is 0 Å². The summed E-state index contributed by atoms with van der Waals surface area (Å²) in [5, 5.41) is 13.4. The van der Waals surface area contributed by atoms with Gasteiger partial charge in [0, 0.05) is 17.0 Å². The second-order valence-corrected chi connectivity index (χ2v) is 6.60. The molecule has 0 unspecified atom stereocenters. The molecule has 140 valence electrons. The third-order valence-electron chi connectivity index (χ3n) is 3.92. The maximum Gasteiger partial charge on any atom is 0.339 e. The Labute approximate surface area is 160 Å². The molecule has 1 amide bonds. The summed E-state index contributed by atoms with van der Waals surface area (Å²) in [5.41, 5.74) is 0.464. The highest BCUT2D eigenvalue weighted by molar-refractivity contribution is 7.14. The number of carbonyl (C=O) groups is 2. The first-order valence-electron chi connectivity index (χ1n) is 7.91. The Hall–Kier alpha value is -3.59. The van der Waals surface area contributed by atoms with Crippen molar-refractivity contribution in [2.45, 2.75) is 0 Å². The highest BCUT2D eigenvalue weighted by Gasteiger charge is 2.24. The molecule has 6 nitrogen and oxygen atoms in total. The number of halogens is 2. The molecule has 0 radical (unpaired) electrons. The minimum atomic E-state index is -1.37. The number of amides is 1. The molecule has 0 aliphatic carbocycles. The molecular weight excluding hydrogens is 390 g/mol. The van der Waals surface area contributed by atoms with E-state index in [4.69, 9.17) is 4.42 Å². The summed E-state index contributed by atoms with van der Waals surface area (Å²) in [5.74, 6) is -4.03. The van der Waals surface area contributed by atoms with E-state index in [0.717, 1.165) is 23.5 Å². The number of nitrogens with one attached hydrogen (secondary N) is 1. The van der Waals surface area contributed by atoms with Crippen LogP contribution in [0.25, 0.3) is 21.5 Å². The topological polar surface area (TPSA) is 92.4 Å². The average Bonchev–Trinajstić information content (AvgIpc) is 3.26. The summed E-state index contributed by atoms with van der Waals surface area (Å²) in [4.78, 5) is 28.3. The van der Waals surface area contributed by atoms with E-state index in [9.17, 15) is 23.5 Å². The van der Waals surface area contributed by atoms with Crippen molar-refractivity contribution in [1.82, 2.24) is 4.98 Å². The maximum atomic E-state index is 14.1. The summed E-state index contributed by atoms with van der Waals surface area (Å²) in [6.07, 6.45) is 0. The smallest absolute Gasteiger partial charge is 0.339 e. The Balaban J connectivity index is 1.71. The number of oxazole rings is 1. The van der Waals surface area contributed by atoms with Gasteiger partial charge < -0.3 is 14.8 Å². The van der Waals surface area contributed by atoms with Gasteiger partial charge in [-0.15, -0.1) is 11.3 Å². The van der Waals surface area contributed by atoms with Gasteiger partial charge in [0.1, 0.15) is 22.7 Å². The molecular formula is C19H10F2N2O4S. The lowest BCUT2D eigenvalue weighted by atomic mass is 10.1. The van der Waals surface area contributed by atoms with Crippen molar-refractivity contribution in [2.75, 3.05) is 5.32 Å². The van der Waals surface area contributed by atoms with Gasteiger partial charge in [0.25, 0.3) is 5.89 Å². The number of fused-ring (bicyclic) bond motifs is 1. The van der Waals surface area contributed by atoms with E-state index in [1.807, 2.05) is 0 Å². The van der Waals surface area contributed by atoms with Crippen molar-refractivity contribution in [1.29, 1.82) is 0 Å². The fourth-order valence-electron chi connectivity index (χ4n) is 2.68. The second-order valence-electron chi connectivity index (χ2n) is 5.72. The van der Waals surface area contributed by atoms with Crippen molar-refractivity contribution >= 4 is 40.0 Å². The molecule has 9 heteroatoms. The first-order chi connectivity index (χ1) is 13.4. The normalized spacial score (nSPS) is 10.9. The van der Waals surface area contributed by atoms with Gasteiger partial charge in [0.15, 0.2) is 5.58 Å². The number of thiophene rings is 1. The molecule has 0 saturated heterocycles. The van der Waals surface area contributed by atoms with Crippen LogP contribution in [0.4, 0.5) is 14.5 Å². The molecule has 0 saturated carbocycles. The van der Waals surface area contributed by atoms with Crippen LogP contribution in [0.3, 0.4) is 0 Å². The molecule has 2 heterocycles. The Bertz CT molecular complexity index is 1200. The zero-order valence-corrected chi connectivity index (χ0v) is 14.7. The SMILES string of the molecule is O=C(Nc1csc(-c2ccc(F)cc2F)c1C(=O)O)c1nc2ccccc2o1. The van der Waals surface area contributed by atoms with E-state index in [1.165, 1.54) is 5.38 Å². The zero-order chi connectivity index (χ0) is 19.8. The Morgan fingerprint density at radius 2 is 1.93 bits per heavy atom. The number of carbonyl (C=O) groups excluding carboxylic acids is 1. The van der Waals surface area contributed by atoms with Crippen molar-refractivity contribution in [3.63, 3.8) is 0 Å². The van der Waals surface area contributed by atoms with E-state index in [1.54, 1.807) is 24.3 Å². The third kappa shape index (κ3) is 3.12. The number of anilines is 1. The Kier molecular flexibility index (Phi) is 4.36. The van der Waals surface area contributed by atoms with E-state index in [-0.39, 0.29) is 27.6 Å². The van der Waals surface area contributed by atoms with Gasteiger partial charge in [-0.25, -0.2) is 18.6 Å². The number of carboxylic acids is 1. The fraction of sp³-hybridized carbons (Fsp3) is 0. The Morgan fingerprint density at radius 1 is 1.14 bits per heavy atom. The van der Waals surface area contributed by atoms with Crippen LogP contribution in [-0.2, 0) is 0 Å². The number of carboxylic acid groups (broad SMARTS) is 1. The van der Waals surface area contributed by atoms with Crippen LogP contribution in [-0.4, -0.2) is 22.0 Å². The summed E-state index contributed by atoms with van der Waals surface area (Å²) in [6.45, 7) is 0. The summed E-state index contributed by atoms with van der Waals surface area (Å²) in [7, 11) is 0. The van der Waals surface area contributed by atoms with Crippen LogP contribution in [0, 0.1) is 11.6 Å². The molecule has 0 spiro atoms. The van der Waals surface area contributed by atoms with Crippen molar-refractivity contribution in [3.05, 3.63) is 70.9 Å². The maximum absolute atomic E-state index is 14.1. The van der Waals surface area contributed by atoms with Gasteiger partial charge >= 0.3 is 11.9 Å². The van der Waals surface area contributed by atoms with Gasteiger partial charge in [0.2, 0.25) is 0 Å². The first kappa shape index (κ1) is 17.8. The number of benzene rings is 2. The minimum Gasteiger partial charge on any atom is -0.478 e. The molecule has 4 rings (SSSR count). The monoisotopic (exact) mass is 400 g/mol. The highest BCUT2D eigenvalue weighted by atomic mass is 32.1. The molecule has 0 fully saturated rings. The van der Waals surface area contributed by atoms with Gasteiger partial charge in [-0.3, -0.25) is 4.79 Å². The molecule has 0 aliphatic heterocycles. The zero-order valence-electron chi connectivity index (χ0n) is 13.9. The standard InChI is InChI=1S/C19H10F2N2O4S/c20-9-5-6-10(11(21)7-9)16-15(19(25)26)13(8-28-16)22-17(24)18-23-12-3-1-2-4-14(12)27-18/h1-8H,(H,22,24)(H,25,26). The van der Waals surface area contributed by atoms with Crippen LogP contribution in [0.5, 0.6) is 0 Å². The van der Waals surface area contributed by atoms with E-state index in [2.05, 4.69) is 10.3 Å². The van der Waals surface area contributed by atoms with Crippen LogP contribution >= 0.6 is 11.3 Å². The van der Waals surface area contributed by atoms with Gasteiger partial charge in [0.05, 0.1) is 10.6 Å². The van der Waals surface area contributed by atoms with Crippen LogP contribution in [0.2, 0.25) is 0 Å². The lowest BCUT2D eigenvalue weighted by molar-refractivity contribution is 0.0699. The largest absolute Gasteiger partial charge is 0.478 e. The number of aromatic carboxylic acids is 1.